The van der Waals surface area contributed by atoms with Crippen LogP contribution in [0.25, 0.3) is 0 Å². The van der Waals surface area contributed by atoms with Gasteiger partial charge in [0.05, 0.1) is 12.6 Å². The maximum absolute atomic E-state index is 12.6. The number of aliphatic hydroxyl groups excluding tert-OH is 1. The van der Waals surface area contributed by atoms with Gasteiger partial charge in [-0.15, -0.1) is 0 Å². The van der Waals surface area contributed by atoms with Crippen molar-refractivity contribution in [3.8, 4) is 0 Å². The molecule has 154 valence electrons. The van der Waals surface area contributed by atoms with E-state index >= 15 is 0 Å². The van der Waals surface area contributed by atoms with Crippen LogP contribution in [0.2, 0.25) is 0 Å². The predicted molar refractivity (Wildman–Crippen MR) is 109 cm³/mol. The molecule has 0 aromatic heterocycles. The first-order valence-corrected chi connectivity index (χ1v) is 11.0. The van der Waals surface area contributed by atoms with Crippen LogP contribution in [0.5, 0.6) is 0 Å². The highest BCUT2D eigenvalue weighted by atomic mass is 16.3. The Hall–Kier alpha value is -1.30. The highest BCUT2D eigenvalue weighted by molar-refractivity contribution is 5.81. The lowest BCUT2D eigenvalue weighted by atomic mass is 9.73. The Bertz CT molecular complexity index is 532. The lowest BCUT2D eigenvalue weighted by Gasteiger charge is -2.37. The van der Waals surface area contributed by atoms with Gasteiger partial charge in [-0.3, -0.25) is 9.79 Å². The minimum absolute atomic E-state index is 0.124. The maximum atomic E-state index is 12.6. The van der Waals surface area contributed by atoms with Crippen molar-refractivity contribution in [2.45, 2.75) is 83.8 Å². The topological polar surface area (TPSA) is 77.0 Å². The van der Waals surface area contributed by atoms with Crippen LogP contribution in [0.1, 0.15) is 71.6 Å². The first-order valence-electron chi connectivity index (χ1n) is 11.0. The number of aliphatic hydroxyl groups is 1. The Balaban J connectivity index is 1.54. The van der Waals surface area contributed by atoms with E-state index in [4.69, 9.17) is 4.99 Å². The summed E-state index contributed by atoms with van der Waals surface area (Å²) in [7, 11) is 0. The lowest BCUT2D eigenvalue weighted by Crippen LogP contribution is -2.46. The molecule has 1 amide bonds. The van der Waals surface area contributed by atoms with E-state index in [1.165, 1.54) is 19.3 Å². The van der Waals surface area contributed by atoms with Gasteiger partial charge < -0.3 is 20.6 Å². The predicted octanol–water partition coefficient (Wildman–Crippen LogP) is 2.27. The van der Waals surface area contributed by atoms with E-state index in [1.807, 2.05) is 4.90 Å². The first-order chi connectivity index (χ1) is 13.0. The number of aliphatic imine (C=N–C) groups is 1. The molecule has 0 spiro atoms. The van der Waals surface area contributed by atoms with E-state index in [2.05, 4.69) is 24.5 Å². The molecule has 1 saturated heterocycles. The molecule has 27 heavy (non-hydrogen) atoms. The number of likely N-dealkylation sites (tertiary alicyclic amines) is 1. The number of hydrogen-bond donors (Lipinski definition) is 3. The van der Waals surface area contributed by atoms with Gasteiger partial charge in [-0.1, -0.05) is 32.6 Å². The summed E-state index contributed by atoms with van der Waals surface area (Å²) in [6.45, 7) is 7.30. The van der Waals surface area contributed by atoms with Crippen LogP contribution in [0.15, 0.2) is 4.99 Å². The van der Waals surface area contributed by atoms with Crippen molar-refractivity contribution in [1.29, 1.82) is 0 Å². The van der Waals surface area contributed by atoms with Crippen LogP contribution in [-0.2, 0) is 4.79 Å². The molecule has 0 radical (unpaired) electrons. The fourth-order valence-corrected chi connectivity index (χ4v) is 4.85. The molecule has 3 atom stereocenters. The third-order valence-electron chi connectivity index (χ3n) is 6.77. The van der Waals surface area contributed by atoms with Gasteiger partial charge in [-0.2, -0.15) is 0 Å². The molecule has 3 unspecified atom stereocenters. The SMILES string of the molecule is CCNC(=NCC1(C)CCCCC1O)NC1CCN(C(=O)C2CCCC2)C1. The third kappa shape index (κ3) is 5.15. The monoisotopic (exact) mass is 378 g/mol. The van der Waals surface area contributed by atoms with Crippen molar-refractivity contribution in [3.05, 3.63) is 0 Å². The number of nitrogens with one attached hydrogen (secondary N) is 2. The second-order valence-corrected chi connectivity index (χ2v) is 9.01. The Morgan fingerprint density at radius 2 is 1.93 bits per heavy atom. The van der Waals surface area contributed by atoms with Gasteiger partial charge in [0.2, 0.25) is 5.91 Å². The quantitative estimate of drug-likeness (QED) is 0.507. The highest BCUT2D eigenvalue weighted by Gasteiger charge is 2.36. The Kier molecular flexibility index (Phi) is 7.01. The van der Waals surface area contributed by atoms with Crippen molar-refractivity contribution < 1.29 is 9.90 Å². The smallest absolute Gasteiger partial charge is 0.225 e. The fraction of sp³-hybridized carbons (Fsp3) is 0.905. The lowest BCUT2D eigenvalue weighted by molar-refractivity contribution is -0.134. The zero-order valence-corrected chi connectivity index (χ0v) is 17.2. The third-order valence-corrected chi connectivity index (χ3v) is 6.77. The molecule has 0 bridgehead atoms. The molecule has 6 heteroatoms. The standard InChI is InChI=1S/C21H38N4O2/c1-3-22-20(23-15-21(2)12-7-6-10-18(21)26)24-17-11-13-25(14-17)19(27)16-8-4-5-9-16/h16-18,26H,3-15H2,1-2H3,(H2,22,23,24). The molecular formula is C21H38N4O2. The van der Waals surface area contributed by atoms with Gasteiger partial charge in [-0.25, -0.2) is 0 Å². The fourth-order valence-electron chi connectivity index (χ4n) is 4.85. The zero-order chi connectivity index (χ0) is 19.3. The van der Waals surface area contributed by atoms with Crippen LogP contribution in [0.3, 0.4) is 0 Å². The molecule has 3 rings (SSSR count). The van der Waals surface area contributed by atoms with Crippen LogP contribution in [0.4, 0.5) is 0 Å². The molecule has 1 heterocycles. The van der Waals surface area contributed by atoms with Gasteiger partial charge in [0.1, 0.15) is 0 Å². The van der Waals surface area contributed by atoms with E-state index in [9.17, 15) is 9.90 Å². The molecule has 0 aromatic rings. The summed E-state index contributed by atoms with van der Waals surface area (Å²) in [5.41, 5.74) is -0.124. The molecule has 6 nitrogen and oxygen atoms in total. The molecule has 3 N–H and O–H groups in total. The minimum Gasteiger partial charge on any atom is -0.392 e. The van der Waals surface area contributed by atoms with Gasteiger partial charge in [0, 0.05) is 37.0 Å². The van der Waals surface area contributed by atoms with Gasteiger partial charge in [0.15, 0.2) is 5.96 Å². The average Bonchev–Trinajstić information content (AvgIpc) is 3.34. The van der Waals surface area contributed by atoms with Crippen molar-refractivity contribution in [2.24, 2.45) is 16.3 Å². The van der Waals surface area contributed by atoms with Crippen molar-refractivity contribution in [2.75, 3.05) is 26.2 Å². The number of amides is 1. The summed E-state index contributed by atoms with van der Waals surface area (Å²) >= 11 is 0. The number of hydrogen-bond acceptors (Lipinski definition) is 3. The molecule has 0 aromatic carbocycles. The molecule has 2 saturated carbocycles. The van der Waals surface area contributed by atoms with Gasteiger partial charge >= 0.3 is 0 Å². The maximum Gasteiger partial charge on any atom is 0.225 e. The van der Waals surface area contributed by atoms with E-state index < -0.39 is 0 Å². The average molecular weight is 379 g/mol. The van der Waals surface area contributed by atoms with E-state index in [1.54, 1.807) is 0 Å². The molecular weight excluding hydrogens is 340 g/mol. The van der Waals surface area contributed by atoms with Gasteiger partial charge in [0.25, 0.3) is 0 Å². The summed E-state index contributed by atoms with van der Waals surface area (Å²) in [4.78, 5) is 19.5. The number of rotatable bonds is 5. The van der Waals surface area contributed by atoms with Crippen LogP contribution < -0.4 is 10.6 Å². The second-order valence-electron chi connectivity index (χ2n) is 9.01. The summed E-state index contributed by atoms with van der Waals surface area (Å²) in [5, 5.41) is 17.3. The Morgan fingerprint density at radius 3 is 2.63 bits per heavy atom. The summed E-state index contributed by atoms with van der Waals surface area (Å²) < 4.78 is 0. The summed E-state index contributed by atoms with van der Waals surface area (Å²) in [6, 6.07) is 0.261. The van der Waals surface area contributed by atoms with E-state index in [0.29, 0.717) is 12.5 Å². The van der Waals surface area contributed by atoms with Crippen LogP contribution in [-0.4, -0.2) is 60.2 Å². The molecule has 2 aliphatic carbocycles. The van der Waals surface area contributed by atoms with Crippen molar-refractivity contribution in [1.82, 2.24) is 15.5 Å². The number of nitrogens with zero attached hydrogens (tertiary/aromatic N) is 2. The summed E-state index contributed by atoms with van der Waals surface area (Å²) in [6.07, 6.45) is 9.46. The number of guanidine groups is 1. The van der Waals surface area contributed by atoms with Crippen molar-refractivity contribution in [3.63, 3.8) is 0 Å². The van der Waals surface area contributed by atoms with E-state index in [-0.39, 0.29) is 23.5 Å². The molecule has 3 aliphatic rings. The zero-order valence-electron chi connectivity index (χ0n) is 17.2. The summed E-state index contributed by atoms with van der Waals surface area (Å²) in [5.74, 6) is 1.44. The highest BCUT2D eigenvalue weighted by Crippen LogP contribution is 2.36. The molecule has 1 aliphatic heterocycles. The molecule has 3 fully saturated rings. The first kappa shape index (κ1) is 20.4. The Morgan fingerprint density at radius 1 is 1.19 bits per heavy atom. The number of carbonyl (C=O) groups excluding carboxylic acids is 1. The second kappa shape index (κ2) is 9.26. The normalized spacial score (nSPS) is 32.7. The van der Waals surface area contributed by atoms with Gasteiger partial charge in [-0.05, 0) is 39.0 Å². The van der Waals surface area contributed by atoms with Crippen LogP contribution in [0, 0.1) is 11.3 Å². The van der Waals surface area contributed by atoms with Crippen LogP contribution >= 0.6 is 0 Å². The largest absolute Gasteiger partial charge is 0.392 e. The minimum atomic E-state index is -0.260. The van der Waals surface area contributed by atoms with Crippen molar-refractivity contribution >= 4 is 11.9 Å². The number of carbonyl (C=O) groups is 1. The Labute approximate surface area is 164 Å². The van der Waals surface area contributed by atoms with E-state index in [0.717, 1.165) is 64.1 Å².